The van der Waals surface area contributed by atoms with Gasteiger partial charge in [0.05, 0.1) is 6.61 Å². The van der Waals surface area contributed by atoms with E-state index in [1.165, 1.54) is 0 Å². The number of carboxylic acid groups (broad SMARTS) is 1. The molecular formula is C13H24FNO4Si. The van der Waals surface area contributed by atoms with Crippen LogP contribution >= 0.6 is 0 Å². The lowest BCUT2D eigenvalue weighted by molar-refractivity contribution is -0.146. The Kier molecular flexibility index (Phi) is 4.97. The normalized spacial score (nSPS) is 24.3. The summed E-state index contributed by atoms with van der Waals surface area (Å²) < 4.78 is 19.2. The van der Waals surface area contributed by atoms with E-state index < -0.39 is 32.4 Å². The predicted molar refractivity (Wildman–Crippen MR) is 75.8 cm³/mol. The van der Waals surface area contributed by atoms with Gasteiger partial charge in [0.1, 0.15) is 6.04 Å². The number of amides is 1. The van der Waals surface area contributed by atoms with E-state index in [9.17, 15) is 14.0 Å². The topological polar surface area (TPSA) is 66.8 Å². The molecule has 7 heteroatoms. The fraction of sp³-hybridized carbons (Fsp3) is 0.846. The number of carbonyl (C=O) groups excluding carboxylic acids is 1. The lowest BCUT2D eigenvalue weighted by atomic mass is 10.2. The number of carboxylic acids is 1. The van der Waals surface area contributed by atoms with Gasteiger partial charge in [-0.2, -0.15) is 0 Å². The van der Waals surface area contributed by atoms with Crippen molar-refractivity contribution in [2.75, 3.05) is 13.2 Å². The number of nitrogens with zero attached hydrogens (tertiary/aromatic N) is 1. The maximum atomic E-state index is 13.3. The lowest BCUT2D eigenvalue weighted by Crippen LogP contribution is -2.45. The van der Waals surface area contributed by atoms with Gasteiger partial charge in [-0.1, -0.05) is 20.8 Å². The van der Waals surface area contributed by atoms with Gasteiger partial charge in [0, 0.05) is 13.0 Å². The van der Waals surface area contributed by atoms with E-state index in [1.54, 1.807) is 0 Å². The van der Waals surface area contributed by atoms with Gasteiger partial charge < -0.3 is 14.4 Å². The fourth-order valence-corrected chi connectivity index (χ4v) is 2.91. The van der Waals surface area contributed by atoms with Crippen LogP contribution in [0.15, 0.2) is 0 Å². The zero-order valence-corrected chi connectivity index (χ0v) is 13.8. The number of hydrogen-bond donors (Lipinski definition) is 1. The van der Waals surface area contributed by atoms with E-state index in [0.717, 1.165) is 4.90 Å². The zero-order valence-electron chi connectivity index (χ0n) is 12.8. The van der Waals surface area contributed by atoms with Crippen LogP contribution in [-0.4, -0.2) is 55.6 Å². The van der Waals surface area contributed by atoms with Gasteiger partial charge in [-0.05, 0) is 18.1 Å². The summed E-state index contributed by atoms with van der Waals surface area (Å²) in [7, 11) is -1.94. The SMILES string of the molecule is CC(C)(C)[Si](C)(C)OCCN1C(=O)[C@@H](F)C[C@H]1C(=O)O. The van der Waals surface area contributed by atoms with Gasteiger partial charge in [-0.25, -0.2) is 9.18 Å². The zero-order chi connectivity index (χ0) is 15.7. The van der Waals surface area contributed by atoms with Crippen LogP contribution in [0, 0.1) is 0 Å². The number of halogens is 1. The van der Waals surface area contributed by atoms with Gasteiger partial charge in [0.15, 0.2) is 14.5 Å². The summed E-state index contributed by atoms with van der Waals surface area (Å²) in [5, 5.41) is 9.05. The number of alkyl halides is 1. The third-order valence-electron chi connectivity index (χ3n) is 4.24. The van der Waals surface area contributed by atoms with Crippen molar-refractivity contribution in [1.82, 2.24) is 4.90 Å². The molecule has 1 amide bonds. The molecule has 1 N–H and O–H groups in total. The van der Waals surface area contributed by atoms with Crippen LogP contribution in [0.3, 0.4) is 0 Å². The second kappa shape index (κ2) is 5.81. The maximum Gasteiger partial charge on any atom is 0.326 e. The van der Waals surface area contributed by atoms with Gasteiger partial charge in [0.2, 0.25) is 0 Å². The molecule has 0 saturated carbocycles. The van der Waals surface area contributed by atoms with Crippen LogP contribution in [0.1, 0.15) is 27.2 Å². The Morgan fingerprint density at radius 1 is 1.50 bits per heavy atom. The summed E-state index contributed by atoms with van der Waals surface area (Å²) in [6.45, 7) is 10.8. The monoisotopic (exact) mass is 305 g/mol. The van der Waals surface area contributed by atoms with Crippen molar-refractivity contribution < 1.29 is 23.5 Å². The van der Waals surface area contributed by atoms with E-state index in [-0.39, 0.29) is 24.6 Å². The Labute approximate surface area is 120 Å². The van der Waals surface area contributed by atoms with Crippen molar-refractivity contribution in [2.24, 2.45) is 0 Å². The molecule has 1 aliphatic rings. The van der Waals surface area contributed by atoms with Gasteiger partial charge in [-0.15, -0.1) is 0 Å². The molecule has 1 rings (SSSR count). The van der Waals surface area contributed by atoms with Crippen LogP contribution in [0.2, 0.25) is 18.1 Å². The molecule has 0 radical (unpaired) electrons. The highest BCUT2D eigenvalue weighted by molar-refractivity contribution is 6.74. The van der Waals surface area contributed by atoms with Crippen molar-refractivity contribution >= 4 is 20.2 Å². The van der Waals surface area contributed by atoms with Crippen LogP contribution in [0.4, 0.5) is 4.39 Å². The highest BCUT2D eigenvalue weighted by Crippen LogP contribution is 2.36. The first-order valence-electron chi connectivity index (χ1n) is 6.78. The molecule has 20 heavy (non-hydrogen) atoms. The molecule has 0 aromatic carbocycles. The largest absolute Gasteiger partial charge is 0.480 e. The summed E-state index contributed by atoms with van der Waals surface area (Å²) >= 11 is 0. The molecule has 2 atom stereocenters. The van der Waals surface area contributed by atoms with Gasteiger partial charge in [-0.3, -0.25) is 4.79 Å². The molecule has 1 saturated heterocycles. The first-order chi connectivity index (χ1) is 8.97. The Balaban J connectivity index is 2.60. The minimum Gasteiger partial charge on any atom is -0.480 e. The molecule has 0 aromatic rings. The van der Waals surface area contributed by atoms with Crippen molar-refractivity contribution in [1.29, 1.82) is 0 Å². The Morgan fingerprint density at radius 3 is 2.50 bits per heavy atom. The second-order valence-corrected chi connectivity index (χ2v) is 11.5. The van der Waals surface area contributed by atoms with Crippen LogP contribution in [-0.2, 0) is 14.0 Å². The highest BCUT2D eigenvalue weighted by Gasteiger charge is 2.44. The molecule has 0 aliphatic carbocycles. The predicted octanol–water partition coefficient (Wildman–Crippen LogP) is 2.03. The van der Waals surface area contributed by atoms with Crippen LogP contribution < -0.4 is 0 Å². The van der Waals surface area contributed by atoms with Crippen molar-refractivity contribution in [3.63, 3.8) is 0 Å². The molecule has 0 spiro atoms. The molecule has 0 unspecified atom stereocenters. The Hall–Kier alpha value is -0.953. The second-order valence-electron chi connectivity index (χ2n) is 6.70. The van der Waals surface area contributed by atoms with E-state index in [4.69, 9.17) is 9.53 Å². The molecule has 5 nitrogen and oxygen atoms in total. The molecule has 0 aromatic heterocycles. The van der Waals surface area contributed by atoms with E-state index in [2.05, 4.69) is 33.9 Å². The van der Waals surface area contributed by atoms with E-state index in [1.807, 2.05) is 0 Å². The third kappa shape index (κ3) is 3.57. The summed E-state index contributed by atoms with van der Waals surface area (Å²) in [5.41, 5.74) is 0. The number of aliphatic carboxylic acids is 1. The van der Waals surface area contributed by atoms with Crippen LogP contribution in [0.25, 0.3) is 0 Å². The molecular weight excluding hydrogens is 281 g/mol. The average Bonchev–Trinajstić information content (AvgIpc) is 2.55. The van der Waals surface area contributed by atoms with E-state index in [0.29, 0.717) is 0 Å². The van der Waals surface area contributed by atoms with Crippen LogP contribution in [0.5, 0.6) is 0 Å². The smallest absolute Gasteiger partial charge is 0.326 e. The van der Waals surface area contributed by atoms with Crippen molar-refractivity contribution in [3.05, 3.63) is 0 Å². The van der Waals surface area contributed by atoms with Crippen molar-refractivity contribution in [2.45, 2.75) is 57.5 Å². The fourth-order valence-electron chi connectivity index (χ4n) is 1.87. The van der Waals surface area contributed by atoms with E-state index >= 15 is 0 Å². The standard InChI is InChI=1S/C13H24FNO4Si/c1-13(2,3)20(4,5)19-7-6-15-10(12(17)18)8-9(14)11(15)16/h9-10H,6-8H2,1-5H3,(H,17,18)/t9-,10-/m0/s1. The summed E-state index contributed by atoms with van der Waals surface area (Å²) in [6.07, 6.45) is -1.97. The average molecular weight is 305 g/mol. The molecule has 1 fully saturated rings. The molecule has 116 valence electrons. The number of hydrogen-bond acceptors (Lipinski definition) is 3. The summed E-state index contributed by atoms with van der Waals surface area (Å²) in [4.78, 5) is 23.7. The Bertz CT molecular complexity index is 394. The maximum absolute atomic E-state index is 13.3. The first-order valence-corrected chi connectivity index (χ1v) is 9.69. The lowest BCUT2D eigenvalue weighted by Gasteiger charge is -2.36. The minimum absolute atomic E-state index is 0.0385. The molecule has 0 bridgehead atoms. The Morgan fingerprint density at radius 2 is 2.05 bits per heavy atom. The number of carbonyl (C=O) groups is 2. The van der Waals surface area contributed by atoms with Gasteiger partial charge in [0.25, 0.3) is 5.91 Å². The molecule has 1 aliphatic heterocycles. The molecule has 1 heterocycles. The third-order valence-corrected chi connectivity index (χ3v) is 8.78. The number of rotatable bonds is 5. The minimum atomic E-state index is -1.94. The summed E-state index contributed by atoms with van der Waals surface area (Å²) in [6, 6.07) is -1.07. The quantitative estimate of drug-likeness (QED) is 0.789. The summed E-state index contributed by atoms with van der Waals surface area (Å²) in [5.74, 6) is -1.90. The van der Waals surface area contributed by atoms with Gasteiger partial charge >= 0.3 is 5.97 Å². The highest BCUT2D eigenvalue weighted by atomic mass is 28.4. The number of likely N-dealkylation sites (tertiary alicyclic amines) is 1. The van der Waals surface area contributed by atoms with Crippen molar-refractivity contribution in [3.8, 4) is 0 Å². The first kappa shape index (κ1) is 17.1.